The molecule has 0 bridgehead atoms. The molecule has 1 saturated carbocycles. The fraction of sp³-hybridized carbons (Fsp3) is 1.00. The highest BCUT2D eigenvalue weighted by Crippen LogP contribution is 2.40. The van der Waals surface area contributed by atoms with Gasteiger partial charge in [-0.2, -0.15) is 0 Å². The minimum atomic E-state index is 0.177. The topological polar surface area (TPSA) is 21.3 Å². The average Bonchev–Trinajstić information content (AvgIpc) is 2.16. The molecule has 2 rings (SSSR count). The first-order valence-corrected chi connectivity index (χ1v) is 5.59. The van der Waals surface area contributed by atoms with E-state index in [0.717, 1.165) is 25.6 Å². The van der Waals surface area contributed by atoms with Gasteiger partial charge in [0.25, 0.3) is 0 Å². The van der Waals surface area contributed by atoms with Crippen molar-refractivity contribution in [1.82, 2.24) is 5.32 Å². The van der Waals surface area contributed by atoms with E-state index in [-0.39, 0.29) is 5.60 Å². The van der Waals surface area contributed by atoms with E-state index >= 15 is 0 Å². The molecule has 0 aromatic carbocycles. The highest BCUT2D eigenvalue weighted by Gasteiger charge is 2.43. The lowest BCUT2D eigenvalue weighted by molar-refractivity contribution is -0.132. The van der Waals surface area contributed by atoms with Crippen LogP contribution < -0.4 is 5.32 Å². The molecule has 1 aliphatic carbocycles. The van der Waals surface area contributed by atoms with Crippen LogP contribution in [0.3, 0.4) is 0 Å². The zero-order chi connectivity index (χ0) is 9.31. The zero-order valence-corrected chi connectivity index (χ0v) is 8.81. The van der Waals surface area contributed by atoms with Gasteiger partial charge in [0.05, 0.1) is 12.2 Å². The Labute approximate surface area is 81.0 Å². The van der Waals surface area contributed by atoms with Crippen LogP contribution in [-0.4, -0.2) is 25.3 Å². The Morgan fingerprint density at radius 1 is 1.38 bits per heavy atom. The van der Waals surface area contributed by atoms with E-state index in [2.05, 4.69) is 19.2 Å². The van der Waals surface area contributed by atoms with Crippen molar-refractivity contribution in [3.8, 4) is 0 Å². The lowest BCUT2D eigenvalue weighted by Gasteiger charge is -2.48. The van der Waals surface area contributed by atoms with Crippen LogP contribution in [0.2, 0.25) is 0 Å². The van der Waals surface area contributed by atoms with Crippen molar-refractivity contribution in [1.29, 1.82) is 0 Å². The fourth-order valence-corrected chi connectivity index (χ4v) is 2.85. The van der Waals surface area contributed by atoms with Crippen LogP contribution in [0.15, 0.2) is 0 Å². The Bertz CT molecular complexity index is 169. The van der Waals surface area contributed by atoms with E-state index in [1.54, 1.807) is 0 Å². The molecule has 1 saturated heterocycles. The summed E-state index contributed by atoms with van der Waals surface area (Å²) in [6.07, 6.45) is 3.98. The van der Waals surface area contributed by atoms with E-state index in [1.165, 1.54) is 19.3 Å². The summed E-state index contributed by atoms with van der Waals surface area (Å²) < 4.78 is 6.03. The van der Waals surface area contributed by atoms with Crippen LogP contribution in [0, 0.1) is 11.8 Å². The molecule has 3 atom stereocenters. The molecule has 2 nitrogen and oxygen atoms in total. The van der Waals surface area contributed by atoms with Gasteiger partial charge in [0.15, 0.2) is 0 Å². The Hall–Kier alpha value is -0.0800. The number of hydrogen-bond donors (Lipinski definition) is 1. The molecule has 0 radical (unpaired) electrons. The van der Waals surface area contributed by atoms with E-state index in [0.29, 0.717) is 5.92 Å². The minimum Gasteiger partial charge on any atom is -0.372 e. The molecule has 0 aromatic rings. The number of morpholine rings is 1. The summed E-state index contributed by atoms with van der Waals surface area (Å²) in [5.74, 6) is 1.54. The van der Waals surface area contributed by atoms with Crippen LogP contribution in [0.25, 0.3) is 0 Å². The number of ether oxygens (including phenoxy) is 1. The summed E-state index contributed by atoms with van der Waals surface area (Å²) in [4.78, 5) is 0. The van der Waals surface area contributed by atoms with Crippen molar-refractivity contribution in [2.75, 3.05) is 19.7 Å². The average molecular weight is 183 g/mol. The second-order valence-electron chi connectivity index (χ2n) is 4.75. The molecule has 1 aliphatic heterocycles. The van der Waals surface area contributed by atoms with Gasteiger partial charge in [-0.25, -0.2) is 0 Å². The molecule has 0 amide bonds. The lowest BCUT2D eigenvalue weighted by Crippen LogP contribution is -2.56. The van der Waals surface area contributed by atoms with Gasteiger partial charge < -0.3 is 10.1 Å². The van der Waals surface area contributed by atoms with Gasteiger partial charge in [-0.15, -0.1) is 0 Å². The molecular weight excluding hydrogens is 162 g/mol. The summed E-state index contributed by atoms with van der Waals surface area (Å²) in [6, 6.07) is 0. The van der Waals surface area contributed by atoms with Crippen LogP contribution in [0.5, 0.6) is 0 Å². The van der Waals surface area contributed by atoms with Crippen LogP contribution in [-0.2, 0) is 4.74 Å². The predicted molar refractivity (Wildman–Crippen MR) is 53.7 cm³/mol. The van der Waals surface area contributed by atoms with Gasteiger partial charge >= 0.3 is 0 Å². The van der Waals surface area contributed by atoms with Gasteiger partial charge in [-0.1, -0.05) is 26.7 Å². The summed E-state index contributed by atoms with van der Waals surface area (Å²) >= 11 is 0. The molecular formula is C11H21NO. The molecule has 1 heterocycles. The third-order valence-electron chi connectivity index (χ3n) is 4.04. The first-order chi connectivity index (χ1) is 6.25. The molecule has 2 aliphatic rings. The predicted octanol–water partition coefficient (Wildman–Crippen LogP) is 1.80. The van der Waals surface area contributed by atoms with Crippen LogP contribution >= 0.6 is 0 Å². The second kappa shape index (κ2) is 3.58. The first kappa shape index (κ1) is 9.47. The van der Waals surface area contributed by atoms with Crippen molar-refractivity contribution in [3.63, 3.8) is 0 Å². The summed E-state index contributed by atoms with van der Waals surface area (Å²) in [7, 11) is 0. The molecule has 2 fully saturated rings. The van der Waals surface area contributed by atoms with Gasteiger partial charge in [0.1, 0.15) is 0 Å². The third-order valence-corrected chi connectivity index (χ3v) is 4.04. The van der Waals surface area contributed by atoms with Gasteiger partial charge in [0, 0.05) is 13.1 Å². The minimum absolute atomic E-state index is 0.177. The van der Waals surface area contributed by atoms with E-state index in [9.17, 15) is 0 Å². The van der Waals surface area contributed by atoms with Gasteiger partial charge in [-0.3, -0.25) is 0 Å². The lowest BCUT2D eigenvalue weighted by atomic mass is 9.70. The Morgan fingerprint density at radius 3 is 2.92 bits per heavy atom. The Kier molecular flexibility index (Phi) is 2.61. The maximum atomic E-state index is 6.03. The van der Waals surface area contributed by atoms with Gasteiger partial charge in [0.2, 0.25) is 0 Å². The maximum Gasteiger partial charge on any atom is 0.0834 e. The second-order valence-corrected chi connectivity index (χ2v) is 4.75. The van der Waals surface area contributed by atoms with Crippen LogP contribution in [0.4, 0.5) is 0 Å². The quantitative estimate of drug-likeness (QED) is 0.618. The summed E-state index contributed by atoms with van der Waals surface area (Å²) in [5.41, 5.74) is 0.177. The van der Waals surface area contributed by atoms with Crippen molar-refractivity contribution < 1.29 is 4.74 Å². The van der Waals surface area contributed by atoms with Gasteiger partial charge in [-0.05, 0) is 18.3 Å². The van der Waals surface area contributed by atoms with E-state index in [4.69, 9.17) is 4.74 Å². The van der Waals surface area contributed by atoms with E-state index in [1.807, 2.05) is 0 Å². The molecule has 13 heavy (non-hydrogen) atoms. The van der Waals surface area contributed by atoms with Crippen LogP contribution in [0.1, 0.15) is 33.1 Å². The number of nitrogens with one attached hydrogen (secondary N) is 1. The van der Waals surface area contributed by atoms with Crippen molar-refractivity contribution in [2.45, 2.75) is 38.7 Å². The zero-order valence-electron chi connectivity index (χ0n) is 8.81. The number of hydrogen-bond acceptors (Lipinski definition) is 2. The highest BCUT2D eigenvalue weighted by molar-refractivity contribution is 4.95. The number of rotatable bonds is 0. The largest absolute Gasteiger partial charge is 0.372 e. The molecule has 1 spiro atoms. The highest BCUT2D eigenvalue weighted by atomic mass is 16.5. The monoisotopic (exact) mass is 183 g/mol. The fourth-order valence-electron chi connectivity index (χ4n) is 2.85. The summed E-state index contributed by atoms with van der Waals surface area (Å²) in [6.45, 7) is 7.72. The SMILES string of the molecule is CC1CCCC2(CNCCO2)C1C. The maximum absolute atomic E-state index is 6.03. The van der Waals surface area contributed by atoms with Crippen molar-refractivity contribution >= 4 is 0 Å². The molecule has 3 unspecified atom stereocenters. The van der Waals surface area contributed by atoms with Crippen molar-refractivity contribution in [3.05, 3.63) is 0 Å². The molecule has 2 heteroatoms. The van der Waals surface area contributed by atoms with E-state index < -0.39 is 0 Å². The summed E-state index contributed by atoms with van der Waals surface area (Å²) in [5, 5.41) is 3.47. The van der Waals surface area contributed by atoms with Crippen molar-refractivity contribution in [2.24, 2.45) is 11.8 Å². The molecule has 76 valence electrons. The molecule has 0 aromatic heterocycles. The molecule has 1 N–H and O–H groups in total. The Morgan fingerprint density at radius 2 is 2.23 bits per heavy atom. The smallest absolute Gasteiger partial charge is 0.0834 e. The first-order valence-electron chi connectivity index (χ1n) is 5.59. The normalized spacial score (nSPS) is 46.6. The Balaban J connectivity index is 2.09. The third kappa shape index (κ3) is 1.62. The standard InChI is InChI=1S/C11H21NO/c1-9-4-3-5-11(10(9)2)8-12-6-7-13-11/h9-10,12H,3-8H2,1-2H3.